The minimum absolute atomic E-state index is 0.235. The van der Waals surface area contributed by atoms with Gasteiger partial charge in [-0.1, -0.05) is 6.07 Å². The fraction of sp³-hybridized carbons (Fsp3) is 0.353. The summed E-state index contributed by atoms with van der Waals surface area (Å²) >= 11 is 0. The average molecular weight is 325 g/mol. The zero-order chi connectivity index (χ0) is 16.5. The molecule has 4 heterocycles. The van der Waals surface area contributed by atoms with Crippen molar-refractivity contribution in [3.8, 4) is 0 Å². The maximum atomic E-state index is 12.1. The van der Waals surface area contributed by atoms with Gasteiger partial charge in [0.1, 0.15) is 5.82 Å². The molecule has 24 heavy (non-hydrogen) atoms. The highest BCUT2D eigenvalue weighted by Crippen LogP contribution is 2.25. The molecule has 1 N–H and O–H groups in total. The molecule has 7 nitrogen and oxygen atoms in total. The van der Waals surface area contributed by atoms with Gasteiger partial charge in [-0.15, -0.1) is 5.10 Å². The van der Waals surface area contributed by atoms with Gasteiger partial charge < -0.3 is 9.32 Å². The van der Waals surface area contributed by atoms with E-state index in [9.17, 15) is 4.79 Å². The second-order valence-electron chi connectivity index (χ2n) is 6.06. The smallest absolute Gasteiger partial charge is 0.293 e. The fourth-order valence-corrected chi connectivity index (χ4v) is 3.17. The molecule has 3 aromatic rings. The van der Waals surface area contributed by atoms with E-state index in [4.69, 9.17) is 4.42 Å². The Morgan fingerprint density at radius 1 is 1.29 bits per heavy atom. The lowest BCUT2D eigenvalue weighted by atomic mass is 10.0. The van der Waals surface area contributed by atoms with E-state index in [0.29, 0.717) is 11.7 Å². The van der Waals surface area contributed by atoms with Crippen molar-refractivity contribution in [2.45, 2.75) is 32.2 Å². The first-order valence-corrected chi connectivity index (χ1v) is 8.19. The second kappa shape index (κ2) is 5.99. The molecule has 0 radical (unpaired) electrons. The minimum atomic E-state index is -0.358. The predicted octanol–water partition coefficient (Wildman–Crippen LogP) is 2.95. The summed E-state index contributed by atoms with van der Waals surface area (Å²) in [5.74, 6) is 1.15. The summed E-state index contributed by atoms with van der Waals surface area (Å²) in [4.78, 5) is 18.8. The van der Waals surface area contributed by atoms with Gasteiger partial charge in [-0.3, -0.25) is 10.1 Å². The molecule has 0 aromatic carbocycles. The molecule has 1 fully saturated rings. The van der Waals surface area contributed by atoms with Gasteiger partial charge in [0.2, 0.25) is 5.95 Å². The van der Waals surface area contributed by atoms with Crippen LogP contribution in [0.4, 0.5) is 11.8 Å². The third kappa shape index (κ3) is 2.62. The van der Waals surface area contributed by atoms with Gasteiger partial charge in [0, 0.05) is 12.6 Å². The van der Waals surface area contributed by atoms with Crippen LogP contribution in [-0.4, -0.2) is 33.1 Å². The van der Waals surface area contributed by atoms with Crippen LogP contribution in [0.25, 0.3) is 5.65 Å². The Bertz CT molecular complexity index is 855. The standard InChI is InChI=1S/C17H19N5O2/c1-12-6-2-3-10-21(12)15-9-4-8-14-18-17(20-22(14)15)19-16(23)13-7-5-11-24-13/h4-5,7-9,11-12H,2-3,6,10H2,1H3,(H,19,20,23). The number of pyridine rings is 1. The van der Waals surface area contributed by atoms with E-state index in [0.717, 1.165) is 12.4 Å². The lowest BCUT2D eigenvalue weighted by Gasteiger charge is -2.35. The van der Waals surface area contributed by atoms with Gasteiger partial charge in [0.05, 0.1) is 6.26 Å². The van der Waals surface area contributed by atoms with Crippen LogP contribution in [0.5, 0.6) is 0 Å². The van der Waals surface area contributed by atoms with Crippen LogP contribution in [0.2, 0.25) is 0 Å². The normalized spacial score (nSPS) is 18.0. The highest BCUT2D eigenvalue weighted by Gasteiger charge is 2.22. The number of piperidine rings is 1. The van der Waals surface area contributed by atoms with Crippen molar-refractivity contribution in [2.24, 2.45) is 0 Å². The molecule has 1 unspecified atom stereocenters. The van der Waals surface area contributed by atoms with Crippen molar-refractivity contribution in [1.82, 2.24) is 14.6 Å². The quantitative estimate of drug-likeness (QED) is 0.801. The molecule has 1 aliphatic rings. The van der Waals surface area contributed by atoms with Gasteiger partial charge in [0.15, 0.2) is 11.4 Å². The molecule has 4 rings (SSSR count). The number of hydrogen-bond acceptors (Lipinski definition) is 5. The molecule has 1 atom stereocenters. The van der Waals surface area contributed by atoms with E-state index in [1.165, 1.54) is 25.5 Å². The van der Waals surface area contributed by atoms with Crippen molar-refractivity contribution in [3.05, 3.63) is 42.4 Å². The van der Waals surface area contributed by atoms with Gasteiger partial charge >= 0.3 is 0 Å². The van der Waals surface area contributed by atoms with Crippen LogP contribution >= 0.6 is 0 Å². The van der Waals surface area contributed by atoms with E-state index in [2.05, 4.69) is 27.2 Å². The Kier molecular flexibility index (Phi) is 3.68. The van der Waals surface area contributed by atoms with Crippen LogP contribution in [-0.2, 0) is 0 Å². The number of nitrogens with one attached hydrogen (secondary N) is 1. The number of carbonyl (C=O) groups is 1. The summed E-state index contributed by atoms with van der Waals surface area (Å²) in [5, 5.41) is 7.14. The zero-order valence-corrected chi connectivity index (χ0v) is 13.5. The first-order valence-electron chi connectivity index (χ1n) is 8.19. The minimum Gasteiger partial charge on any atom is -0.459 e. The summed E-state index contributed by atoms with van der Waals surface area (Å²) in [6.45, 7) is 3.24. The Hall–Kier alpha value is -2.83. The number of amides is 1. The van der Waals surface area contributed by atoms with Crippen molar-refractivity contribution < 1.29 is 9.21 Å². The average Bonchev–Trinajstić information content (AvgIpc) is 3.24. The predicted molar refractivity (Wildman–Crippen MR) is 90.3 cm³/mol. The molecular formula is C17H19N5O2. The Morgan fingerprint density at radius 3 is 3.00 bits per heavy atom. The highest BCUT2D eigenvalue weighted by molar-refractivity contribution is 6.01. The van der Waals surface area contributed by atoms with Crippen LogP contribution in [0.15, 0.2) is 41.0 Å². The zero-order valence-electron chi connectivity index (χ0n) is 13.5. The van der Waals surface area contributed by atoms with Gasteiger partial charge in [-0.25, -0.2) is 0 Å². The van der Waals surface area contributed by atoms with E-state index < -0.39 is 0 Å². The Morgan fingerprint density at radius 2 is 2.21 bits per heavy atom. The van der Waals surface area contributed by atoms with Crippen LogP contribution in [0, 0.1) is 0 Å². The Balaban J connectivity index is 1.65. The third-order valence-electron chi connectivity index (χ3n) is 4.41. The van der Waals surface area contributed by atoms with Crippen molar-refractivity contribution in [1.29, 1.82) is 0 Å². The number of anilines is 2. The summed E-state index contributed by atoms with van der Waals surface area (Å²) < 4.78 is 6.88. The van der Waals surface area contributed by atoms with Crippen LogP contribution in [0.1, 0.15) is 36.7 Å². The van der Waals surface area contributed by atoms with Gasteiger partial charge in [-0.2, -0.15) is 9.50 Å². The number of hydrogen-bond donors (Lipinski definition) is 1. The number of rotatable bonds is 3. The fourth-order valence-electron chi connectivity index (χ4n) is 3.17. The topological polar surface area (TPSA) is 75.7 Å². The van der Waals surface area contributed by atoms with Gasteiger partial charge in [0.25, 0.3) is 5.91 Å². The number of nitrogens with zero attached hydrogens (tertiary/aromatic N) is 4. The van der Waals surface area contributed by atoms with E-state index in [1.807, 2.05) is 18.2 Å². The van der Waals surface area contributed by atoms with Crippen molar-refractivity contribution >= 4 is 23.3 Å². The molecule has 0 spiro atoms. The molecule has 1 saturated heterocycles. The number of aromatic nitrogens is 3. The molecule has 0 aliphatic carbocycles. The van der Waals surface area contributed by atoms with Crippen molar-refractivity contribution in [3.63, 3.8) is 0 Å². The number of furan rings is 1. The molecule has 1 amide bonds. The van der Waals surface area contributed by atoms with Crippen molar-refractivity contribution in [2.75, 3.05) is 16.8 Å². The monoisotopic (exact) mass is 325 g/mol. The summed E-state index contributed by atoms with van der Waals surface area (Å²) in [7, 11) is 0. The number of fused-ring (bicyclic) bond motifs is 1. The van der Waals surface area contributed by atoms with E-state index >= 15 is 0 Å². The maximum Gasteiger partial charge on any atom is 0.293 e. The molecule has 1 aliphatic heterocycles. The summed E-state index contributed by atoms with van der Waals surface area (Å²) in [5.41, 5.74) is 0.708. The molecule has 7 heteroatoms. The molecule has 124 valence electrons. The van der Waals surface area contributed by atoms with E-state index in [-0.39, 0.29) is 17.6 Å². The van der Waals surface area contributed by atoms with Crippen LogP contribution in [0.3, 0.4) is 0 Å². The largest absolute Gasteiger partial charge is 0.459 e. The van der Waals surface area contributed by atoms with Crippen LogP contribution < -0.4 is 10.2 Å². The molecular weight excluding hydrogens is 306 g/mol. The second-order valence-corrected chi connectivity index (χ2v) is 6.06. The number of carbonyl (C=O) groups excluding carboxylic acids is 1. The first-order chi connectivity index (χ1) is 11.7. The third-order valence-corrected chi connectivity index (χ3v) is 4.41. The van der Waals surface area contributed by atoms with Gasteiger partial charge in [-0.05, 0) is 50.5 Å². The SMILES string of the molecule is CC1CCCCN1c1cccc2nc(NC(=O)c3ccco3)nn12. The summed E-state index contributed by atoms with van der Waals surface area (Å²) in [6.07, 6.45) is 5.07. The maximum absolute atomic E-state index is 12.1. The molecule has 0 saturated carbocycles. The Labute approximate surface area is 139 Å². The lowest BCUT2D eigenvalue weighted by Crippen LogP contribution is -2.38. The molecule has 0 bridgehead atoms. The first kappa shape index (κ1) is 14.7. The molecule has 3 aromatic heterocycles. The lowest BCUT2D eigenvalue weighted by molar-refractivity contribution is 0.0996. The summed E-state index contributed by atoms with van der Waals surface area (Å²) in [6, 6.07) is 9.64. The van der Waals surface area contributed by atoms with E-state index in [1.54, 1.807) is 16.6 Å². The highest BCUT2D eigenvalue weighted by atomic mass is 16.3.